The summed E-state index contributed by atoms with van der Waals surface area (Å²) in [6.45, 7) is 4.83. The number of hydrogen-bond acceptors (Lipinski definition) is 6. The summed E-state index contributed by atoms with van der Waals surface area (Å²) in [7, 11) is 0. The van der Waals surface area contributed by atoms with Crippen molar-refractivity contribution in [2.45, 2.75) is 31.8 Å². The van der Waals surface area contributed by atoms with E-state index in [2.05, 4.69) is 33.1 Å². The minimum Gasteiger partial charge on any atom is -0.370 e. The fourth-order valence-electron chi connectivity index (χ4n) is 3.38. The molecule has 0 radical (unpaired) electrons. The molecule has 0 aromatic carbocycles. The fourth-order valence-corrected chi connectivity index (χ4v) is 3.38. The van der Waals surface area contributed by atoms with Gasteiger partial charge in [0.1, 0.15) is 12.1 Å². The number of nitrogens with two attached hydrogens (primary N) is 1. The second-order valence-electron chi connectivity index (χ2n) is 6.17. The second-order valence-corrected chi connectivity index (χ2v) is 6.17. The smallest absolute Gasteiger partial charge is 0.209 e. The summed E-state index contributed by atoms with van der Waals surface area (Å²) in [5.41, 5.74) is 8.06. The number of aromatic nitrogens is 4. The van der Waals surface area contributed by atoms with Gasteiger partial charge in [0.15, 0.2) is 5.65 Å². The van der Waals surface area contributed by atoms with E-state index in [1.54, 1.807) is 10.7 Å². The van der Waals surface area contributed by atoms with Crippen molar-refractivity contribution >= 4 is 17.4 Å². The molecule has 1 fully saturated rings. The van der Waals surface area contributed by atoms with E-state index in [4.69, 9.17) is 10.5 Å². The molecule has 0 bridgehead atoms. The van der Waals surface area contributed by atoms with Crippen molar-refractivity contribution < 1.29 is 4.74 Å². The third-order valence-corrected chi connectivity index (χ3v) is 4.64. The lowest BCUT2D eigenvalue weighted by Gasteiger charge is -2.42. The van der Waals surface area contributed by atoms with Gasteiger partial charge in [0, 0.05) is 19.2 Å². The number of anilines is 2. The molecule has 0 saturated carbocycles. The van der Waals surface area contributed by atoms with Gasteiger partial charge in [-0.15, -0.1) is 10.2 Å². The van der Waals surface area contributed by atoms with Crippen LogP contribution >= 0.6 is 0 Å². The number of nitrogens with zero attached hydrogens (tertiary/aromatic N) is 5. The first-order chi connectivity index (χ1) is 10.7. The Bertz CT molecular complexity index is 729. The lowest BCUT2D eigenvalue weighted by Crippen LogP contribution is -2.46. The van der Waals surface area contributed by atoms with Gasteiger partial charge in [-0.3, -0.25) is 4.40 Å². The SMILES string of the molecule is CC1=CC2(CCN(c3cc4nncn4c(N)n3)CC2)OCC1. The molecule has 0 aliphatic carbocycles. The van der Waals surface area contributed by atoms with E-state index in [0.29, 0.717) is 5.95 Å². The number of piperidine rings is 1. The summed E-state index contributed by atoms with van der Waals surface area (Å²) in [6, 6.07) is 1.93. The molecule has 22 heavy (non-hydrogen) atoms. The quantitative estimate of drug-likeness (QED) is 0.802. The summed E-state index contributed by atoms with van der Waals surface area (Å²) in [6.07, 6.45) is 6.90. The highest BCUT2D eigenvalue weighted by atomic mass is 16.5. The Morgan fingerprint density at radius 1 is 1.32 bits per heavy atom. The maximum absolute atomic E-state index is 6.07. The van der Waals surface area contributed by atoms with Crippen LogP contribution in [0.5, 0.6) is 0 Å². The van der Waals surface area contributed by atoms with Crippen LogP contribution in [0.15, 0.2) is 24.0 Å². The van der Waals surface area contributed by atoms with Crippen molar-refractivity contribution in [1.82, 2.24) is 19.6 Å². The minimum atomic E-state index is -0.0800. The van der Waals surface area contributed by atoms with Gasteiger partial charge in [0.05, 0.1) is 12.2 Å². The monoisotopic (exact) mass is 300 g/mol. The van der Waals surface area contributed by atoms with Crippen LogP contribution in [0, 0.1) is 0 Å². The number of nitrogen functional groups attached to an aromatic ring is 1. The van der Waals surface area contributed by atoms with E-state index in [9.17, 15) is 0 Å². The van der Waals surface area contributed by atoms with Crippen LogP contribution in [0.2, 0.25) is 0 Å². The standard InChI is InChI=1S/C15H20N6O/c1-11-2-7-22-15(9-11)3-5-20(6-4-15)12-8-13-19-17-10-21(13)14(16)18-12/h8-10H,2-7H2,1H3,(H2,16,18). The van der Waals surface area contributed by atoms with Gasteiger partial charge < -0.3 is 15.4 Å². The lowest BCUT2D eigenvalue weighted by atomic mass is 9.87. The molecular formula is C15H20N6O. The van der Waals surface area contributed by atoms with E-state index < -0.39 is 0 Å². The van der Waals surface area contributed by atoms with Crippen LogP contribution in [0.4, 0.5) is 11.8 Å². The zero-order valence-electron chi connectivity index (χ0n) is 12.7. The molecule has 1 spiro atoms. The Balaban J connectivity index is 1.56. The highest BCUT2D eigenvalue weighted by Gasteiger charge is 2.35. The Labute approximate surface area is 128 Å². The van der Waals surface area contributed by atoms with Crippen LogP contribution in [0.25, 0.3) is 5.65 Å². The van der Waals surface area contributed by atoms with E-state index in [-0.39, 0.29) is 5.60 Å². The van der Waals surface area contributed by atoms with Crippen molar-refractivity contribution in [1.29, 1.82) is 0 Å². The summed E-state index contributed by atoms with van der Waals surface area (Å²) in [4.78, 5) is 6.72. The van der Waals surface area contributed by atoms with E-state index >= 15 is 0 Å². The maximum Gasteiger partial charge on any atom is 0.209 e. The molecule has 2 aromatic rings. The summed E-state index contributed by atoms with van der Waals surface area (Å²) >= 11 is 0. The predicted molar refractivity (Wildman–Crippen MR) is 83.7 cm³/mol. The van der Waals surface area contributed by atoms with Gasteiger partial charge in [-0.25, -0.2) is 0 Å². The Hall–Kier alpha value is -2.15. The third kappa shape index (κ3) is 2.21. The summed E-state index contributed by atoms with van der Waals surface area (Å²) in [5, 5.41) is 7.93. The molecular weight excluding hydrogens is 280 g/mol. The van der Waals surface area contributed by atoms with Crippen LogP contribution < -0.4 is 10.6 Å². The molecule has 0 unspecified atom stereocenters. The van der Waals surface area contributed by atoms with Crippen molar-refractivity contribution in [3.05, 3.63) is 24.0 Å². The number of rotatable bonds is 1. The van der Waals surface area contributed by atoms with Gasteiger partial charge >= 0.3 is 0 Å². The molecule has 2 aliphatic rings. The zero-order valence-corrected chi connectivity index (χ0v) is 12.7. The first-order valence-corrected chi connectivity index (χ1v) is 7.69. The summed E-state index contributed by atoms with van der Waals surface area (Å²) < 4.78 is 7.75. The molecule has 4 rings (SSSR count). The highest BCUT2D eigenvalue weighted by Crippen LogP contribution is 2.34. The largest absolute Gasteiger partial charge is 0.370 e. The predicted octanol–water partition coefficient (Wildman–Crippen LogP) is 1.41. The lowest BCUT2D eigenvalue weighted by molar-refractivity contribution is -0.0326. The second kappa shape index (κ2) is 4.95. The number of hydrogen-bond donors (Lipinski definition) is 1. The molecule has 0 atom stereocenters. The van der Waals surface area contributed by atoms with Gasteiger partial charge in [-0.1, -0.05) is 11.6 Å². The first kappa shape index (κ1) is 13.5. The van der Waals surface area contributed by atoms with Crippen molar-refractivity contribution in [3.63, 3.8) is 0 Å². The van der Waals surface area contributed by atoms with Gasteiger partial charge in [0.25, 0.3) is 0 Å². The average molecular weight is 300 g/mol. The molecule has 116 valence electrons. The molecule has 2 N–H and O–H groups in total. The first-order valence-electron chi connectivity index (χ1n) is 7.69. The molecule has 7 nitrogen and oxygen atoms in total. The van der Waals surface area contributed by atoms with Gasteiger partial charge in [-0.2, -0.15) is 4.98 Å². The molecule has 1 saturated heterocycles. The van der Waals surface area contributed by atoms with E-state index in [0.717, 1.165) is 50.4 Å². The van der Waals surface area contributed by atoms with Crippen molar-refractivity contribution in [2.24, 2.45) is 0 Å². The van der Waals surface area contributed by atoms with Crippen LogP contribution in [0.3, 0.4) is 0 Å². The average Bonchev–Trinajstić information content (AvgIpc) is 2.97. The van der Waals surface area contributed by atoms with Gasteiger partial charge in [-0.05, 0) is 26.2 Å². The van der Waals surface area contributed by atoms with E-state index in [1.807, 2.05) is 6.07 Å². The minimum absolute atomic E-state index is 0.0800. The van der Waals surface area contributed by atoms with Crippen molar-refractivity contribution in [3.8, 4) is 0 Å². The van der Waals surface area contributed by atoms with Crippen molar-refractivity contribution in [2.75, 3.05) is 30.3 Å². The number of ether oxygens (including phenoxy) is 1. The van der Waals surface area contributed by atoms with Crippen LogP contribution in [-0.2, 0) is 4.74 Å². The topological polar surface area (TPSA) is 81.6 Å². The van der Waals surface area contributed by atoms with Crippen LogP contribution in [-0.4, -0.2) is 44.9 Å². The number of fused-ring (bicyclic) bond motifs is 1. The maximum atomic E-state index is 6.07. The zero-order chi connectivity index (χ0) is 15.2. The molecule has 2 aliphatic heterocycles. The Morgan fingerprint density at radius 2 is 2.14 bits per heavy atom. The molecule has 2 aromatic heterocycles. The van der Waals surface area contributed by atoms with Gasteiger partial charge in [0.2, 0.25) is 5.95 Å². The molecule has 4 heterocycles. The van der Waals surface area contributed by atoms with E-state index in [1.165, 1.54) is 5.57 Å². The summed E-state index contributed by atoms with van der Waals surface area (Å²) in [5.74, 6) is 1.28. The highest BCUT2D eigenvalue weighted by molar-refractivity contribution is 5.55. The normalized spacial score (nSPS) is 21.3. The fraction of sp³-hybridized carbons (Fsp3) is 0.533. The Morgan fingerprint density at radius 3 is 2.91 bits per heavy atom. The van der Waals surface area contributed by atoms with Crippen LogP contribution in [0.1, 0.15) is 26.2 Å². The molecule has 7 heteroatoms. The third-order valence-electron chi connectivity index (χ3n) is 4.64. The Kier molecular flexibility index (Phi) is 3.04. The molecule has 0 amide bonds.